The zero-order valence-corrected chi connectivity index (χ0v) is 13.2. The molecule has 110 valence electrons. The van der Waals surface area contributed by atoms with Crippen LogP contribution in [0.15, 0.2) is 27.5 Å². The number of rotatable bonds is 5. The molecule has 1 N–H and O–H groups in total. The molecule has 0 unspecified atom stereocenters. The first-order valence-corrected chi connectivity index (χ1v) is 8.32. The molecule has 0 radical (unpaired) electrons. The smallest absolute Gasteiger partial charge is 0.244 e. The van der Waals surface area contributed by atoms with Crippen LogP contribution in [-0.4, -0.2) is 24.9 Å². The minimum Gasteiger partial charge on any atom is -0.465 e. The molecule has 0 bridgehead atoms. The van der Waals surface area contributed by atoms with Crippen LogP contribution in [0.3, 0.4) is 0 Å². The maximum absolute atomic E-state index is 12.5. The van der Waals surface area contributed by atoms with E-state index >= 15 is 0 Å². The summed E-state index contributed by atoms with van der Waals surface area (Å²) in [6, 6.07) is 5.09. The van der Waals surface area contributed by atoms with Crippen LogP contribution in [0.1, 0.15) is 21.3 Å². The summed E-state index contributed by atoms with van der Waals surface area (Å²) in [5.41, 5.74) is 0. The maximum atomic E-state index is 12.5. The fourth-order valence-electron chi connectivity index (χ4n) is 1.90. The zero-order valence-electron chi connectivity index (χ0n) is 11.6. The van der Waals surface area contributed by atoms with Crippen molar-refractivity contribution in [1.29, 1.82) is 0 Å². The van der Waals surface area contributed by atoms with Gasteiger partial charge < -0.3 is 9.52 Å². The molecule has 0 fully saturated rings. The van der Waals surface area contributed by atoms with E-state index in [4.69, 9.17) is 9.52 Å². The van der Waals surface area contributed by atoms with Crippen LogP contribution in [0.25, 0.3) is 0 Å². The highest BCUT2D eigenvalue weighted by molar-refractivity contribution is 7.89. The van der Waals surface area contributed by atoms with Crippen LogP contribution in [0.2, 0.25) is 0 Å². The van der Waals surface area contributed by atoms with E-state index in [0.717, 1.165) is 5.76 Å². The van der Waals surface area contributed by atoms with Crippen LogP contribution in [0, 0.1) is 13.8 Å². The van der Waals surface area contributed by atoms with E-state index in [1.807, 2.05) is 6.92 Å². The monoisotopic (exact) mass is 315 g/mol. The number of hydrogen-bond donors (Lipinski definition) is 1. The van der Waals surface area contributed by atoms with Gasteiger partial charge in [0, 0.05) is 16.8 Å². The molecule has 5 nitrogen and oxygen atoms in total. The van der Waals surface area contributed by atoms with Crippen molar-refractivity contribution in [3.05, 3.63) is 39.5 Å². The summed E-state index contributed by atoms with van der Waals surface area (Å²) < 4.78 is 31.7. The van der Waals surface area contributed by atoms with Crippen LogP contribution >= 0.6 is 11.3 Å². The quantitative estimate of drug-likeness (QED) is 0.919. The second-order valence-electron chi connectivity index (χ2n) is 4.56. The molecule has 2 rings (SSSR count). The topological polar surface area (TPSA) is 70.8 Å². The van der Waals surface area contributed by atoms with E-state index in [1.165, 1.54) is 28.8 Å². The van der Waals surface area contributed by atoms with Gasteiger partial charge in [-0.15, -0.1) is 11.3 Å². The maximum Gasteiger partial charge on any atom is 0.244 e. The Hall–Kier alpha value is -1.15. The number of nitrogens with zero attached hydrogens (tertiary/aromatic N) is 1. The fraction of sp³-hybridized carbons (Fsp3) is 0.385. The average Bonchev–Trinajstić information content (AvgIpc) is 2.95. The lowest BCUT2D eigenvalue weighted by atomic mass is 10.4. The van der Waals surface area contributed by atoms with E-state index in [2.05, 4.69) is 0 Å². The molecule has 0 aromatic carbocycles. The predicted molar refractivity (Wildman–Crippen MR) is 77.1 cm³/mol. The SMILES string of the molecule is Cc1ccc(CN(C)S(=O)(=O)c2cc(CO)sc2C)o1. The van der Waals surface area contributed by atoms with Gasteiger partial charge in [-0.1, -0.05) is 0 Å². The molecule has 0 saturated heterocycles. The number of aliphatic hydroxyl groups excluding tert-OH is 1. The third-order valence-corrected chi connectivity index (χ3v) is 6.04. The lowest BCUT2D eigenvalue weighted by Gasteiger charge is -2.15. The second kappa shape index (κ2) is 5.69. The molecule has 2 aromatic rings. The largest absolute Gasteiger partial charge is 0.465 e. The molecule has 0 saturated carbocycles. The molecule has 0 spiro atoms. The van der Waals surface area contributed by atoms with Crippen LogP contribution in [0.4, 0.5) is 0 Å². The molecule has 20 heavy (non-hydrogen) atoms. The van der Waals surface area contributed by atoms with E-state index in [-0.39, 0.29) is 18.0 Å². The molecular weight excluding hydrogens is 298 g/mol. The number of sulfonamides is 1. The summed E-state index contributed by atoms with van der Waals surface area (Å²) in [6.45, 7) is 3.58. The third-order valence-electron chi connectivity index (χ3n) is 2.94. The first-order valence-electron chi connectivity index (χ1n) is 6.06. The van der Waals surface area contributed by atoms with Gasteiger partial charge >= 0.3 is 0 Å². The molecule has 0 aliphatic heterocycles. The Morgan fingerprint density at radius 1 is 1.35 bits per heavy atom. The van der Waals surface area contributed by atoms with Crippen molar-refractivity contribution in [1.82, 2.24) is 4.31 Å². The molecule has 0 aliphatic rings. The Morgan fingerprint density at radius 3 is 2.55 bits per heavy atom. The van der Waals surface area contributed by atoms with Crippen molar-refractivity contribution in [2.75, 3.05) is 7.05 Å². The molecule has 0 amide bonds. The van der Waals surface area contributed by atoms with Crippen molar-refractivity contribution in [3.63, 3.8) is 0 Å². The Bertz CT molecular complexity index is 700. The number of thiophene rings is 1. The average molecular weight is 315 g/mol. The van der Waals surface area contributed by atoms with E-state index in [9.17, 15) is 8.42 Å². The number of aliphatic hydroxyl groups is 1. The summed E-state index contributed by atoms with van der Waals surface area (Å²) in [5, 5.41) is 9.10. The molecule has 7 heteroatoms. The molecule has 0 aliphatic carbocycles. The van der Waals surface area contributed by atoms with E-state index < -0.39 is 10.0 Å². The van der Waals surface area contributed by atoms with Crippen molar-refractivity contribution in [3.8, 4) is 0 Å². The Labute approximate surface area is 122 Å². The van der Waals surface area contributed by atoms with Gasteiger partial charge in [-0.3, -0.25) is 0 Å². The summed E-state index contributed by atoms with van der Waals surface area (Å²) in [4.78, 5) is 1.57. The van der Waals surface area contributed by atoms with Crippen molar-refractivity contribution < 1.29 is 17.9 Å². The van der Waals surface area contributed by atoms with Crippen LogP contribution in [0.5, 0.6) is 0 Å². The van der Waals surface area contributed by atoms with Crippen molar-refractivity contribution in [2.45, 2.75) is 31.9 Å². The van der Waals surface area contributed by atoms with Gasteiger partial charge in [-0.2, -0.15) is 4.31 Å². The first-order chi connectivity index (χ1) is 9.34. The highest BCUT2D eigenvalue weighted by atomic mass is 32.2. The highest BCUT2D eigenvalue weighted by Gasteiger charge is 2.25. The number of aryl methyl sites for hydroxylation is 2. The summed E-state index contributed by atoms with van der Waals surface area (Å²) in [5.74, 6) is 1.35. The Morgan fingerprint density at radius 2 is 2.05 bits per heavy atom. The summed E-state index contributed by atoms with van der Waals surface area (Å²) >= 11 is 1.29. The minimum atomic E-state index is -3.58. The van der Waals surface area contributed by atoms with Gasteiger partial charge in [0.2, 0.25) is 10.0 Å². The molecule has 2 aromatic heterocycles. The number of furan rings is 1. The molecular formula is C13H17NO4S2. The lowest BCUT2D eigenvalue weighted by Crippen LogP contribution is -2.26. The minimum absolute atomic E-state index is 0.151. The predicted octanol–water partition coefficient (Wildman–Crippen LogP) is 2.27. The van der Waals surface area contributed by atoms with E-state index in [1.54, 1.807) is 19.1 Å². The van der Waals surface area contributed by atoms with Crippen molar-refractivity contribution in [2.24, 2.45) is 0 Å². The third kappa shape index (κ3) is 2.95. The van der Waals surface area contributed by atoms with Gasteiger partial charge in [0.1, 0.15) is 11.5 Å². The first kappa shape index (κ1) is 15.2. The highest BCUT2D eigenvalue weighted by Crippen LogP contribution is 2.28. The number of hydrogen-bond acceptors (Lipinski definition) is 5. The van der Waals surface area contributed by atoms with Crippen LogP contribution < -0.4 is 0 Å². The van der Waals surface area contributed by atoms with Gasteiger partial charge in [0.25, 0.3) is 0 Å². The fourth-order valence-corrected chi connectivity index (χ4v) is 4.50. The zero-order chi connectivity index (χ0) is 14.9. The normalized spacial score (nSPS) is 12.2. The summed E-state index contributed by atoms with van der Waals surface area (Å²) in [7, 11) is -2.06. The van der Waals surface area contributed by atoms with Crippen molar-refractivity contribution >= 4 is 21.4 Å². The Balaban J connectivity index is 2.26. The molecule has 2 heterocycles. The Kier molecular flexibility index (Phi) is 4.33. The van der Waals surface area contributed by atoms with E-state index in [0.29, 0.717) is 15.5 Å². The van der Waals surface area contributed by atoms with Gasteiger partial charge in [0.05, 0.1) is 18.0 Å². The van der Waals surface area contributed by atoms with Gasteiger partial charge in [-0.25, -0.2) is 8.42 Å². The summed E-state index contributed by atoms with van der Waals surface area (Å²) in [6.07, 6.45) is 0. The van der Waals surface area contributed by atoms with Crippen LogP contribution in [-0.2, 0) is 23.2 Å². The second-order valence-corrected chi connectivity index (χ2v) is 7.92. The van der Waals surface area contributed by atoms with Gasteiger partial charge in [-0.05, 0) is 32.0 Å². The standard InChI is InChI=1S/C13H17NO4S2/c1-9-4-5-11(18-9)7-14(3)20(16,17)13-6-12(8-15)19-10(13)2/h4-6,15H,7-8H2,1-3H3. The van der Waals surface area contributed by atoms with Gasteiger partial charge in [0.15, 0.2) is 0 Å². The molecule has 0 atom stereocenters. The lowest BCUT2D eigenvalue weighted by molar-refractivity contribution is 0.285.